The molecule has 1 unspecified atom stereocenters. The van der Waals surface area contributed by atoms with Crippen molar-refractivity contribution in [3.63, 3.8) is 0 Å². The first-order chi connectivity index (χ1) is 16.4. The molecule has 34 heavy (non-hydrogen) atoms. The van der Waals surface area contributed by atoms with Crippen LogP contribution in [0.5, 0.6) is 0 Å². The summed E-state index contributed by atoms with van der Waals surface area (Å²) in [4.78, 5) is 30.9. The number of ketones is 1. The summed E-state index contributed by atoms with van der Waals surface area (Å²) in [7, 11) is 0. The molecule has 0 aliphatic carbocycles. The molecule has 2 N–H and O–H groups in total. The molecule has 170 valence electrons. The van der Waals surface area contributed by atoms with Crippen molar-refractivity contribution < 1.29 is 19.1 Å². The molecule has 1 aromatic heterocycles. The van der Waals surface area contributed by atoms with E-state index in [1.54, 1.807) is 24.3 Å². The lowest BCUT2D eigenvalue weighted by Gasteiger charge is -2.25. The number of nitrogens with zero attached hydrogens (tertiary/aromatic N) is 1. The van der Waals surface area contributed by atoms with Crippen molar-refractivity contribution in [1.29, 1.82) is 0 Å². The number of amides is 1. The predicted molar refractivity (Wildman–Crippen MR) is 129 cm³/mol. The number of aromatic nitrogens is 1. The maximum Gasteiger partial charge on any atom is 0.295 e. The minimum Gasteiger partial charge on any atom is -0.507 e. The lowest BCUT2D eigenvalue weighted by Crippen LogP contribution is -2.31. The monoisotopic (exact) mass is 474 g/mol. The normalized spacial score (nSPS) is 17.6. The van der Waals surface area contributed by atoms with Gasteiger partial charge in [0.2, 0.25) is 0 Å². The van der Waals surface area contributed by atoms with Crippen LogP contribution in [0.25, 0.3) is 16.7 Å². The number of benzene rings is 3. The molecule has 0 saturated carbocycles. The van der Waals surface area contributed by atoms with Gasteiger partial charge in [-0.3, -0.25) is 9.59 Å². The van der Waals surface area contributed by atoms with Crippen molar-refractivity contribution in [3.05, 3.63) is 112 Å². The zero-order valence-electron chi connectivity index (χ0n) is 18.0. The SMILES string of the molecule is O=C1C(=O)N(CCc2c[nH]c3ccccc23)C(c2ccc(F)cc2)/C1=C(\O)c1ccc(Cl)cc1. The zero-order chi connectivity index (χ0) is 23.8. The Morgan fingerprint density at radius 1 is 1.00 bits per heavy atom. The first kappa shape index (κ1) is 21.9. The van der Waals surface area contributed by atoms with Crippen LogP contribution in [0.3, 0.4) is 0 Å². The van der Waals surface area contributed by atoms with Crippen molar-refractivity contribution in [3.8, 4) is 0 Å². The van der Waals surface area contributed by atoms with Crippen molar-refractivity contribution in [2.75, 3.05) is 6.54 Å². The molecule has 0 spiro atoms. The largest absolute Gasteiger partial charge is 0.507 e. The first-order valence-electron chi connectivity index (χ1n) is 10.8. The minimum atomic E-state index is -0.846. The number of fused-ring (bicyclic) bond motifs is 1. The molecule has 1 amide bonds. The van der Waals surface area contributed by atoms with Crippen LogP contribution in [0.15, 0.2) is 84.6 Å². The number of rotatable bonds is 5. The van der Waals surface area contributed by atoms with Gasteiger partial charge in [0.1, 0.15) is 11.6 Å². The zero-order valence-corrected chi connectivity index (χ0v) is 18.7. The lowest BCUT2D eigenvalue weighted by atomic mass is 9.95. The van der Waals surface area contributed by atoms with E-state index in [9.17, 15) is 19.1 Å². The van der Waals surface area contributed by atoms with Gasteiger partial charge in [-0.2, -0.15) is 0 Å². The van der Waals surface area contributed by atoms with E-state index in [1.165, 1.54) is 29.2 Å². The Bertz CT molecular complexity index is 1420. The highest BCUT2D eigenvalue weighted by Crippen LogP contribution is 2.39. The molecular formula is C27H20ClFN2O3. The third-order valence-corrected chi connectivity index (χ3v) is 6.39. The van der Waals surface area contributed by atoms with Gasteiger partial charge in [-0.15, -0.1) is 0 Å². The Balaban J connectivity index is 1.56. The number of hydrogen-bond acceptors (Lipinski definition) is 3. The summed E-state index contributed by atoms with van der Waals surface area (Å²) in [6.07, 6.45) is 2.39. The molecule has 3 aromatic carbocycles. The van der Waals surface area contributed by atoms with E-state index in [-0.39, 0.29) is 17.9 Å². The number of hydrogen-bond donors (Lipinski definition) is 2. The summed E-state index contributed by atoms with van der Waals surface area (Å²) < 4.78 is 13.6. The number of H-pyrrole nitrogens is 1. The second-order valence-electron chi connectivity index (χ2n) is 8.16. The van der Waals surface area contributed by atoms with E-state index in [0.29, 0.717) is 22.6 Å². The second kappa shape index (κ2) is 8.80. The molecule has 0 radical (unpaired) electrons. The molecule has 1 fully saturated rings. The molecule has 5 nitrogen and oxygen atoms in total. The molecule has 1 saturated heterocycles. The van der Waals surface area contributed by atoms with Crippen molar-refractivity contribution in [2.45, 2.75) is 12.5 Å². The number of para-hydroxylation sites is 1. The third-order valence-electron chi connectivity index (χ3n) is 6.14. The molecule has 1 aliphatic rings. The fraction of sp³-hybridized carbons (Fsp3) is 0.111. The van der Waals surface area contributed by atoms with Crippen LogP contribution < -0.4 is 0 Å². The highest BCUT2D eigenvalue weighted by atomic mass is 35.5. The van der Waals surface area contributed by atoms with Gasteiger partial charge in [-0.25, -0.2) is 4.39 Å². The fourth-order valence-corrected chi connectivity index (χ4v) is 4.57. The van der Waals surface area contributed by atoms with Gasteiger partial charge in [0, 0.05) is 34.2 Å². The van der Waals surface area contributed by atoms with Crippen molar-refractivity contribution in [1.82, 2.24) is 9.88 Å². The minimum absolute atomic E-state index is 0.0298. The van der Waals surface area contributed by atoms with Gasteiger partial charge in [0.05, 0.1) is 11.6 Å². The molecule has 2 heterocycles. The maximum atomic E-state index is 13.6. The van der Waals surface area contributed by atoms with Crippen LogP contribution in [-0.4, -0.2) is 33.2 Å². The van der Waals surface area contributed by atoms with E-state index in [4.69, 9.17) is 11.6 Å². The van der Waals surface area contributed by atoms with Crippen LogP contribution in [0, 0.1) is 5.82 Å². The van der Waals surface area contributed by atoms with Crippen LogP contribution >= 0.6 is 11.6 Å². The molecule has 5 rings (SSSR count). The van der Waals surface area contributed by atoms with Crippen LogP contribution in [-0.2, 0) is 16.0 Å². The van der Waals surface area contributed by atoms with Gasteiger partial charge in [0.25, 0.3) is 11.7 Å². The van der Waals surface area contributed by atoms with Gasteiger partial charge >= 0.3 is 0 Å². The van der Waals surface area contributed by atoms with Gasteiger partial charge < -0.3 is 15.0 Å². The number of likely N-dealkylation sites (tertiary alicyclic amines) is 1. The molecular weight excluding hydrogens is 455 g/mol. The Kier molecular flexibility index (Phi) is 5.67. The Morgan fingerprint density at radius 3 is 2.44 bits per heavy atom. The smallest absolute Gasteiger partial charge is 0.295 e. The summed E-state index contributed by atoms with van der Waals surface area (Å²) in [6, 6.07) is 19.0. The van der Waals surface area contributed by atoms with E-state index < -0.39 is 23.5 Å². The number of aliphatic hydroxyl groups excluding tert-OH is 1. The van der Waals surface area contributed by atoms with E-state index >= 15 is 0 Å². The molecule has 0 bridgehead atoms. The van der Waals surface area contributed by atoms with Crippen LogP contribution in [0.2, 0.25) is 5.02 Å². The third kappa shape index (κ3) is 3.86. The van der Waals surface area contributed by atoms with Crippen molar-refractivity contribution >= 4 is 40.0 Å². The molecule has 7 heteroatoms. The van der Waals surface area contributed by atoms with Gasteiger partial charge in [-0.1, -0.05) is 41.9 Å². The maximum absolute atomic E-state index is 13.6. The summed E-state index contributed by atoms with van der Waals surface area (Å²) in [5, 5.41) is 12.6. The van der Waals surface area contributed by atoms with Crippen LogP contribution in [0.4, 0.5) is 4.39 Å². The molecule has 1 atom stereocenters. The molecule has 4 aromatic rings. The predicted octanol–water partition coefficient (Wildman–Crippen LogP) is 5.62. The molecule has 1 aliphatic heterocycles. The number of carbonyl (C=O) groups is 2. The number of aliphatic hydroxyl groups is 1. The lowest BCUT2D eigenvalue weighted by molar-refractivity contribution is -0.139. The number of aromatic amines is 1. The summed E-state index contributed by atoms with van der Waals surface area (Å²) in [5.74, 6) is -2.21. The average Bonchev–Trinajstić information content (AvgIpc) is 3.37. The second-order valence-corrected chi connectivity index (χ2v) is 8.60. The van der Waals surface area contributed by atoms with Gasteiger partial charge in [-0.05, 0) is 60.0 Å². The Hall–Kier alpha value is -3.90. The van der Waals surface area contributed by atoms with E-state index in [0.717, 1.165) is 16.5 Å². The standard InChI is InChI=1S/C27H20ClFN2O3/c28-19-9-5-17(6-10-19)25(32)23-24(16-7-11-20(29)12-8-16)31(27(34)26(23)33)14-13-18-15-30-22-4-2-1-3-21(18)22/h1-12,15,24,30,32H,13-14H2/b25-23+. The summed E-state index contributed by atoms with van der Waals surface area (Å²) >= 11 is 5.96. The van der Waals surface area contributed by atoms with Gasteiger partial charge in [0.15, 0.2) is 0 Å². The fourth-order valence-electron chi connectivity index (χ4n) is 4.44. The Labute approximate surface area is 200 Å². The topological polar surface area (TPSA) is 73.4 Å². The van der Waals surface area contributed by atoms with E-state index in [2.05, 4.69) is 4.98 Å². The number of nitrogens with one attached hydrogen (secondary N) is 1. The highest BCUT2D eigenvalue weighted by molar-refractivity contribution is 6.46. The number of halogens is 2. The highest BCUT2D eigenvalue weighted by Gasteiger charge is 2.45. The van der Waals surface area contributed by atoms with Crippen LogP contribution in [0.1, 0.15) is 22.7 Å². The summed E-state index contributed by atoms with van der Waals surface area (Å²) in [6.45, 7) is 0.242. The number of Topliss-reactive ketones (excluding diaryl/α,β-unsaturated/α-hetero) is 1. The van der Waals surface area contributed by atoms with E-state index in [1.807, 2.05) is 30.5 Å². The average molecular weight is 475 g/mol. The van der Waals surface area contributed by atoms with Crippen molar-refractivity contribution in [2.24, 2.45) is 0 Å². The number of carbonyl (C=O) groups excluding carboxylic acids is 2. The summed E-state index contributed by atoms with van der Waals surface area (Å²) in [5.41, 5.74) is 2.87. The first-order valence-corrected chi connectivity index (χ1v) is 11.2. The quantitative estimate of drug-likeness (QED) is 0.224. The Morgan fingerprint density at radius 2 is 1.71 bits per heavy atom.